The smallest absolute Gasteiger partial charge is 0.0992 e. The number of hydrogen-bond donors (Lipinski definition) is 2. The standard InChI is InChI=1S/C11H9ClN4/c12-10-2-1-8(4-13)3-11(10)15-6-9-5-14-7-16-9/h1-3,5,7,15H,6H2,(H,14,16). The second-order valence-corrected chi connectivity index (χ2v) is 3.64. The third-order valence-corrected chi connectivity index (χ3v) is 2.45. The van der Waals surface area contributed by atoms with Gasteiger partial charge >= 0.3 is 0 Å². The first-order chi connectivity index (χ1) is 7.79. The predicted octanol–water partition coefficient (Wildman–Crippen LogP) is 2.55. The fourth-order valence-electron chi connectivity index (χ4n) is 1.30. The second kappa shape index (κ2) is 4.69. The molecule has 0 aliphatic heterocycles. The van der Waals surface area contributed by atoms with Crippen LogP contribution in [-0.2, 0) is 6.54 Å². The van der Waals surface area contributed by atoms with E-state index in [4.69, 9.17) is 16.9 Å². The Labute approximate surface area is 97.9 Å². The highest BCUT2D eigenvalue weighted by molar-refractivity contribution is 6.33. The number of nitrogens with one attached hydrogen (secondary N) is 2. The molecule has 0 spiro atoms. The van der Waals surface area contributed by atoms with Crippen molar-refractivity contribution in [3.8, 4) is 6.07 Å². The van der Waals surface area contributed by atoms with E-state index >= 15 is 0 Å². The average Bonchev–Trinajstić information content (AvgIpc) is 2.81. The number of imidazole rings is 1. The molecule has 0 radical (unpaired) electrons. The molecule has 5 heteroatoms. The van der Waals surface area contributed by atoms with Gasteiger partial charge in [-0.25, -0.2) is 4.98 Å². The van der Waals surface area contributed by atoms with Gasteiger partial charge in [0.15, 0.2) is 0 Å². The minimum Gasteiger partial charge on any atom is -0.378 e. The summed E-state index contributed by atoms with van der Waals surface area (Å²) < 4.78 is 0. The minimum absolute atomic E-state index is 0.580. The average molecular weight is 233 g/mol. The Balaban J connectivity index is 2.12. The quantitative estimate of drug-likeness (QED) is 0.855. The zero-order chi connectivity index (χ0) is 11.4. The lowest BCUT2D eigenvalue weighted by Crippen LogP contribution is -2.00. The highest BCUT2D eigenvalue weighted by Gasteiger charge is 2.02. The van der Waals surface area contributed by atoms with Gasteiger partial charge in [0.05, 0.1) is 40.9 Å². The number of aromatic amines is 1. The van der Waals surface area contributed by atoms with Crippen LogP contribution in [0.1, 0.15) is 11.3 Å². The van der Waals surface area contributed by atoms with Crippen LogP contribution >= 0.6 is 11.6 Å². The number of H-pyrrole nitrogens is 1. The number of anilines is 1. The summed E-state index contributed by atoms with van der Waals surface area (Å²) in [5, 5.41) is 12.5. The van der Waals surface area contributed by atoms with Crippen LogP contribution in [0.2, 0.25) is 5.02 Å². The maximum Gasteiger partial charge on any atom is 0.0992 e. The van der Waals surface area contributed by atoms with Crippen molar-refractivity contribution in [2.24, 2.45) is 0 Å². The van der Waals surface area contributed by atoms with Crippen LogP contribution in [0, 0.1) is 11.3 Å². The van der Waals surface area contributed by atoms with E-state index in [1.807, 2.05) is 0 Å². The molecule has 80 valence electrons. The Morgan fingerprint density at radius 1 is 1.50 bits per heavy atom. The molecule has 4 nitrogen and oxygen atoms in total. The van der Waals surface area contributed by atoms with E-state index < -0.39 is 0 Å². The van der Waals surface area contributed by atoms with Crippen LogP contribution in [0.5, 0.6) is 0 Å². The van der Waals surface area contributed by atoms with Gasteiger partial charge in [-0.1, -0.05) is 11.6 Å². The molecule has 2 rings (SSSR count). The van der Waals surface area contributed by atoms with E-state index in [9.17, 15) is 0 Å². The molecule has 2 aromatic rings. The Morgan fingerprint density at radius 3 is 3.06 bits per heavy atom. The summed E-state index contributed by atoms with van der Waals surface area (Å²) in [7, 11) is 0. The Bertz CT molecular complexity index is 513. The van der Waals surface area contributed by atoms with Crippen molar-refractivity contribution < 1.29 is 0 Å². The number of rotatable bonds is 3. The van der Waals surface area contributed by atoms with Crippen molar-refractivity contribution in [3.63, 3.8) is 0 Å². The largest absolute Gasteiger partial charge is 0.378 e. The van der Waals surface area contributed by atoms with Gasteiger partial charge in [0.2, 0.25) is 0 Å². The Kier molecular flexibility index (Phi) is 3.08. The molecule has 0 amide bonds. The monoisotopic (exact) mass is 232 g/mol. The number of nitriles is 1. The summed E-state index contributed by atoms with van der Waals surface area (Å²) in [6.07, 6.45) is 3.35. The van der Waals surface area contributed by atoms with Gasteiger partial charge in [-0.15, -0.1) is 0 Å². The van der Waals surface area contributed by atoms with Gasteiger partial charge in [-0.2, -0.15) is 5.26 Å². The van der Waals surface area contributed by atoms with Gasteiger partial charge < -0.3 is 10.3 Å². The molecular formula is C11H9ClN4. The molecule has 0 saturated heterocycles. The lowest BCUT2D eigenvalue weighted by molar-refractivity contribution is 1.07. The van der Waals surface area contributed by atoms with Gasteiger partial charge in [-0.05, 0) is 18.2 Å². The van der Waals surface area contributed by atoms with Gasteiger partial charge in [0.25, 0.3) is 0 Å². The first kappa shape index (κ1) is 10.5. The van der Waals surface area contributed by atoms with Gasteiger partial charge in [0.1, 0.15) is 0 Å². The van der Waals surface area contributed by atoms with Crippen LogP contribution in [0.4, 0.5) is 5.69 Å². The molecule has 2 N–H and O–H groups in total. The molecule has 0 unspecified atom stereocenters. The zero-order valence-corrected chi connectivity index (χ0v) is 9.12. The third-order valence-electron chi connectivity index (χ3n) is 2.12. The number of halogens is 1. The van der Waals surface area contributed by atoms with Crippen molar-refractivity contribution >= 4 is 17.3 Å². The summed E-state index contributed by atoms with van der Waals surface area (Å²) in [6, 6.07) is 7.18. The van der Waals surface area contributed by atoms with Gasteiger partial charge in [0, 0.05) is 6.20 Å². The molecule has 1 aromatic heterocycles. The SMILES string of the molecule is N#Cc1ccc(Cl)c(NCc2cnc[nH]2)c1. The van der Waals surface area contributed by atoms with E-state index in [0.717, 1.165) is 11.4 Å². The van der Waals surface area contributed by atoms with Crippen molar-refractivity contribution in [1.82, 2.24) is 9.97 Å². The van der Waals surface area contributed by atoms with Crippen molar-refractivity contribution in [2.45, 2.75) is 6.54 Å². The predicted molar refractivity (Wildman–Crippen MR) is 62.1 cm³/mol. The van der Waals surface area contributed by atoms with E-state index in [0.29, 0.717) is 17.1 Å². The molecular weight excluding hydrogens is 224 g/mol. The van der Waals surface area contributed by atoms with Crippen molar-refractivity contribution in [2.75, 3.05) is 5.32 Å². The molecule has 0 aliphatic carbocycles. The maximum atomic E-state index is 8.77. The molecule has 0 bridgehead atoms. The second-order valence-electron chi connectivity index (χ2n) is 3.24. The Morgan fingerprint density at radius 2 is 2.38 bits per heavy atom. The number of hydrogen-bond acceptors (Lipinski definition) is 3. The molecule has 1 heterocycles. The summed E-state index contributed by atoms with van der Waals surface area (Å²) in [5.41, 5.74) is 2.28. The van der Waals surface area contributed by atoms with Crippen LogP contribution in [-0.4, -0.2) is 9.97 Å². The van der Waals surface area contributed by atoms with Crippen LogP contribution < -0.4 is 5.32 Å². The molecule has 1 aromatic carbocycles. The third kappa shape index (κ3) is 2.33. The molecule has 16 heavy (non-hydrogen) atoms. The highest BCUT2D eigenvalue weighted by atomic mass is 35.5. The number of nitrogens with zero attached hydrogens (tertiary/aromatic N) is 2. The fraction of sp³-hybridized carbons (Fsp3) is 0.0909. The molecule has 0 saturated carbocycles. The van der Waals surface area contributed by atoms with E-state index in [1.54, 1.807) is 30.7 Å². The van der Waals surface area contributed by atoms with Crippen molar-refractivity contribution in [3.05, 3.63) is 47.0 Å². The van der Waals surface area contributed by atoms with Crippen LogP contribution in [0.3, 0.4) is 0 Å². The van der Waals surface area contributed by atoms with Gasteiger partial charge in [-0.3, -0.25) is 0 Å². The molecule has 0 fully saturated rings. The van der Waals surface area contributed by atoms with Crippen LogP contribution in [0.25, 0.3) is 0 Å². The first-order valence-corrected chi connectivity index (χ1v) is 5.08. The summed E-state index contributed by atoms with van der Waals surface area (Å²) >= 11 is 6.00. The van der Waals surface area contributed by atoms with Crippen molar-refractivity contribution in [1.29, 1.82) is 5.26 Å². The van der Waals surface area contributed by atoms with E-state index in [-0.39, 0.29) is 0 Å². The topological polar surface area (TPSA) is 64.5 Å². The highest BCUT2D eigenvalue weighted by Crippen LogP contribution is 2.23. The molecule has 0 aliphatic rings. The maximum absolute atomic E-state index is 8.77. The van der Waals surface area contributed by atoms with Crippen LogP contribution in [0.15, 0.2) is 30.7 Å². The Hall–Kier alpha value is -1.99. The van der Waals surface area contributed by atoms with E-state index in [2.05, 4.69) is 21.4 Å². The number of aromatic nitrogens is 2. The summed E-state index contributed by atoms with van der Waals surface area (Å²) in [4.78, 5) is 6.88. The summed E-state index contributed by atoms with van der Waals surface area (Å²) in [6.45, 7) is 0.592. The fourth-order valence-corrected chi connectivity index (χ4v) is 1.49. The normalized spacial score (nSPS) is 9.75. The lowest BCUT2D eigenvalue weighted by atomic mass is 10.2. The zero-order valence-electron chi connectivity index (χ0n) is 8.37. The summed E-state index contributed by atoms with van der Waals surface area (Å²) in [5.74, 6) is 0. The first-order valence-electron chi connectivity index (χ1n) is 4.70. The lowest BCUT2D eigenvalue weighted by Gasteiger charge is -2.07. The minimum atomic E-state index is 0.580. The van der Waals surface area contributed by atoms with E-state index in [1.165, 1.54) is 0 Å². The number of benzene rings is 1. The molecule has 0 atom stereocenters.